The summed E-state index contributed by atoms with van der Waals surface area (Å²) in [6.45, 7) is 6.66. The van der Waals surface area contributed by atoms with Gasteiger partial charge in [-0.25, -0.2) is 9.59 Å². The van der Waals surface area contributed by atoms with Crippen LogP contribution in [0.25, 0.3) is 0 Å². The van der Waals surface area contributed by atoms with E-state index in [1.54, 1.807) is 0 Å². The molecule has 0 heterocycles. The van der Waals surface area contributed by atoms with E-state index >= 15 is 0 Å². The van der Waals surface area contributed by atoms with Crippen LogP contribution in [0.2, 0.25) is 0 Å². The molecular weight excluding hydrogens is 435 g/mol. The summed E-state index contributed by atoms with van der Waals surface area (Å²) in [5.41, 5.74) is 0. The van der Waals surface area contributed by atoms with Crippen molar-refractivity contribution in [3.05, 3.63) is 116 Å². The van der Waals surface area contributed by atoms with Crippen molar-refractivity contribution in [3.8, 4) is 0 Å². The molecule has 3 rings (SSSR count). The lowest BCUT2D eigenvalue weighted by atomic mass is 10.4. The van der Waals surface area contributed by atoms with Crippen molar-refractivity contribution in [2.24, 2.45) is 10.2 Å². The largest absolute Gasteiger partial charge is 0.452 e. The van der Waals surface area contributed by atoms with E-state index in [0.717, 1.165) is 0 Å². The highest BCUT2D eigenvalue weighted by Crippen LogP contribution is 2.32. The molecular formula is C26H25N2O4P. The first-order chi connectivity index (χ1) is 16.2. The molecule has 0 fully saturated rings. The van der Waals surface area contributed by atoms with Crippen molar-refractivity contribution in [2.45, 2.75) is 0 Å². The van der Waals surface area contributed by atoms with Crippen molar-refractivity contribution in [1.29, 1.82) is 0 Å². The van der Waals surface area contributed by atoms with Gasteiger partial charge in [0.05, 0.1) is 0 Å². The highest BCUT2D eigenvalue weighted by molar-refractivity contribution is 7.79. The summed E-state index contributed by atoms with van der Waals surface area (Å²) >= 11 is 0. The summed E-state index contributed by atoms with van der Waals surface area (Å²) in [6.07, 6.45) is 0.785. The molecule has 0 N–H and O–H groups in total. The van der Waals surface area contributed by atoms with Gasteiger partial charge in [0.2, 0.25) is 0 Å². The molecule has 0 atom stereocenters. The average Bonchev–Trinajstić information content (AvgIpc) is 2.87. The van der Waals surface area contributed by atoms with Crippen molar-refractivity contribution in [2.75, 3.05) is 13.2 Å². The highest BCUT2D eigenvalue weighted by Gasteiger charge is 2.15. The first-order valence-electron chi connectivity index (χ1n) is 10.1. The van der Waals surface area contributed by atoms with Crippen LogP contribution in [0.3, 0.4) is 0 Å². The SMILES string of the molecule is C=CCOC(=O)N=NC(=O)OCC=C.c1ccc(P(c2ccccc2)c2ccccc2)cc1. The normalized spacial score (nSPS) is 10.1. The van der Waals surface area contributed by atoms with Crippen LogP contribution in [-0.4, -0.2) is 25.4 Å². The van der Waals surface area contributed by atoms with Crippen molar-refractivity contribution >= 4 is 36.0 Å². The standard InChI is InChI=1S/C18H15P.C8H10N2O4/c1-4-10-16(11-5-1)19(17-12-6-2-7-13-17)18-14-8-3-9-15-18;1-3-5-13-7(11)9-10-8(12)14-6-4-2/h1-15H;3-4H,1-2,5-6H2. The van der Waals surface area contributed by atoms with Crippen LogP contribution in [0.4, 0.5) is 9.59 Å². The van der Waals surface area contributed by atoms with Crippen LogP contribution in [0.1, 0.15) is 0 Å². The van der Waals surface area contributed by atoms with E-state index in [1.165, 1.54) is 28.1 Å². The Labute approximate surface area is 195 Å². The molecule has 2 amide bonds. The van der Waals surface area contributed by atoms with E-state index in [4.69, 9.17) is 0 Å². The molecule has 0 aliphatic rings. The summed E-state index contributed by atoms with van der Waals surface area (Å²) in [5.74, 6) is 0. The lowest BCUT2D eigenvalue weighted by molar-refractivity contribution is 0.158. The lowest BCUT2D eigenvalue weighted by Gasteiger charge is -2.18. The quantitative estimate of drug-likeness (QED) is 0.264. The lowest BCUT2D eigenvalue weighted by Crippen LogP contribution is -2.20. The fraction of sp³-hybridized carbons (Fsp3) is 0.0769. The number of hydrogen-bond acceptors (Lipinski definition) is 4. The Kier molecular flexibility index (Phi) is 11.5. The minimum Gasteiger partial charge on any atom is -0.443 e. The zero-order chi connectivity index (χ0) is 23.7. The second kappa shape index (κ2) is 15.0. The third-order valence-corrected chi connectivity index (χ3v) is 6.35. The average molecular weight is 460 g/mol. The van der Waals surface area contributed by atoms with E-state index in [9.17, 15) is 9.59 Å². The van der Waals surface area contributed by atoms with Crippen LogP contribution in [-0.2, 0) is 9.47 Å². The van der Waals surface area contributed by atoms with Gasteiger partial charge in [-0.05, 0) is 23.8 Å². The van der Waals surface area contributed by atoms with Crippen LogP contribution < -0.4 is 15.9 Å². The number of benzene rings is 3. The Morgan fingerprint density at radius 3 is 1.21 bits per heavy atom. The van der Waals surface area contributed by atoms with E-state index in [0.29, 0.717) is 0 Å². The van der Waals surface area contributed by atoms with Gasteiger partial charge in [0.1, 0.15) is 13.2 Å². The molecule has 168 valence electrons. The maximum absolute atomic E-state index is 10.6. The zero-order valence-corrected chi connectivity index (χ0v) is 19.0. The smallest absolute Gasteiger partial charge is 0.443 e. The maximum Gasteiger partial charge on any atom is 0.452 e. The zero-order valence-electron chi connectivity index (χ0n) is 18.1. The van der Waals surface area contributed by atoms with Gasteiger partial charge in [0.25, 0.3) is 0 Å². The molecule has 0 aliphatic carbocycles. The number of ether oxygens (including phenoxy) is 2. The highest BCUT2D eigenvalue weighted by atomic mass is 31.1. The van der Waals surface area contributed by atoms with E-state index < -0.39 is 20.1 Å². The Balaban J connectivity index is 0.000000248. The number of rotatable bonds is 7. The van der Waals surface area contributed by atoms with Crippen molar-refractivity contribution < 1.29 is 19.1 Å². The molecule has 0 bridgehead atoms. The third-order valence-electron chi connectivity index (χ3n) is 3.91. The van der Waals surface area contributed by atoms with E-state index in [2.05, 4.69) is 124 Å². The summed E-state index contributed by atoms with van der Waals surface area (Å²) in [6, 6.07) is 32.3. The molecule has 0 aliphatic heterocycles. The molecule has 7 heteroatoms. The fourth-order valence-electron chi connectivity index (χ4n) is 2.58. The minimum absolute atomic E-state index is 0.0135. The summed E-state index contributed by atoms with van der Waals surface area (Å²) in [5, 5.41) is 10.0. The second-order valence-corrected chi connectivity index (χ2v) is 8.49. The summed E-state index contributed by atoms with van der Waals surface area (Å²) < 4.78 is 8.80. The predicted molar refractivity (Wildman–Crippen MR) is 133 cm³/mol. The van der Waals surface area contributed by atoms with Crippen molar-refractivity contribution in [3.63, 3.8) is 0 Å². The topological polar surface area (TPSA) is 77.3 Å². The van der Waals surface area contributed by atoms with Gasteiger partial charge in [-0.2, -0.15) is 0 Å². The number of carbonyl (C=O) groups is 2. The Morgan fingerprint density at radius 1 is 0.636 bits per heavy atom. The maximum atomic E-state index is 10.6. The summed E-state index contributed by atoms with van der Waals surface area (Å²) in [4.78, 5) is 21.2. The minimum atomic E-state index is -0.972. The molecule has 3 aromatic carbocycles. The summed E-state index contributed by atoms with van der Waals surface area (Å²) in [7, 11) is -0.446. The molecule has 0 radical (unpaired) electrons. The molecule has 3 aromatic rings. The van der Waals surface area contributed by atoms with Gasteiger partial charge in [-0.15, -0.1) is 0 Å². The number of nitrogens with zero attached hydrogens (tertiary/aromatic N) is 2. The van der Waals surface area contributed by atoms with Gasteiger partial charge in [-0.1, -0.05) is 127 Å². The van der Waals surface area contributed by atoms with Crippen LogP contribution in [0.5, 0.6) is 0 Å². The predicted octanol–water partition coefficient (Wildman–Crippen LogP) is 5.53. The van der Waals surface area contributed by atoms with Crippen LogP contribution >= 0.6 is 7.92 Å². The first kappa shape index (κ1) is 25.4. The molecule has 0 spiro atoms. The Hall–Kier alpha value is -3.89. The number of hydrogen-bond donors (Lipinski definition) is 0. The van der Waals surface area contributed by atoms with E-state index in [1.807, 2.05) is 0 Å². The molecule has 0 saturated heterocycles. The second-order valence-electron chi connectivity index (χ2n) is 6.27. The number of azo groups is 1. The van der Waals surface area contributed by atoms with Crippen molar-refractivity contribution in [1.82, 2.24) is 0 Å². The molecule has 33 heavy (non-hydrogen) atoms. The van der Waals surface area contributed by atoms with E-state index in [-0.39, 0.29) is 13.2 Å². The molecule has 0 unspecified atom stereocenters. The number of amides is 2. The third kappa shape index (κ3) is 9.42. The van der Waals surface area contributed by atoms with Crippen LogP contribution in [0.15, 0.2) is 127 Å². The molecule has 0 aromatic heterocycles. The Morgan fingerprint density at radius 2 is 0.939 bits per heavy atom. The van der Waals surface area contributed by atoms with Crippen LogP contribution in [0, 0.1) is 0 Å². The van der Waals surface area contributed by atoms with Gasteiger partial charge in [0, 0.05) is 0 Å². The van der Waals surface area contributed by atoms with Gasteiger partial charge < -0.3 is 9.47 Å². The fourth-order valence-corrected chi connectivity index (χ4v) is 4.88. The molecule has 6 nitrogen and oxygen atoms in total. The van der Waals surface area contributed by atoms with Gasteiger partial charge >= 0.3 is 12.2 Å². The number of carbonyl (C=O) groups excluding carboxylic acids is 2. The van der Waals surface area contributed by atoms with Gasteiger partial charge in [0.15, 0.2) is 0 Å². The molecule has 0 saturated carbocycles. The first-order valence-corrected chi connectivity index (χ1v) is 11.4. The monoisotopic (exact) mass is 460 g/mol. The van der Waals surface area contributed by atoms with Gasteiger partial charge in [-0.3, -0.25) is 0 Å². The Bertz CT molecular complexity index is 922.